The number of aromatic nitrogens is 3. The Kier molecular flexibility index (Phi) is 2.70. The van der Waals surface area contributed by atoms with Crippen LogP contribution in [0.25, 0.3) is 0 Å². The van der Waals surface area contributed by atoms with Crippen molar-refractivity contribution in [3.05, 3.63) is 12.4 Å². The molecule has 15 heavy (non-hydrogen) atoms. The van der Waals surface area contributed by atoms with Crippen LogP contribution in [0.4, 0.5) is 0 Å². The van der Waals surface area contributed by atoms with Crippen molar-refractivity contribution in [3.8, 4) is 0 Å². The van der Waals surface area contributed by atoms with Gasteiger partial charge in [-0.15, -0.1) is 5.10 Å². The summed E-state index contributed by atoms with van der Waals surface area (Å²) in [6.45, 7) is 0.447. The van der Waals surface area contributed by atoms with E-state index in [9.17, 15) is 9.90 Å². The van der Waals surface area contributed by atoms with Gasteiger partial charge in [0.15, 0.2) is 0 Å². The number of hydrogen-bond donors (Lipinski definition) is 1. The first-order valence-electron chi connectivity index (χ1n) is 5.30. The Morgan fingerprint density at radius 2 is 2.13 bits per heavy atom. The van der Waals surface area contributed by atoms with Crippen LogP contribution in [0.5, 0.6) is 0 Å². The van der Waals surface area contributed by atoms with Crippen LogP contribution >= 0.6 is 0 Å². The quantitative estimate of drug-likeness (QED) is 0.815. The van der Waals surface area contributed by atoms with Gasteiger partial charge in [-0.2, -0.15) is 0 Å². The molecular formula is C10H15N3O2. The fourth-order valence-corrected chi connectivity index (χ4v) is 2.30. The Balaban J connectivity index is 2.15. The number of carboxylic acid groups (broad SMARTS) is 1. The van der Waals surface area contributed by atoms with Crippen LogP contribution < -0.4 is 0 Å². The summed E-state index contributed by atoms with van der Waals surface area (Å²) in [4.78, 5) is 11.3. The van der Waals surface area contributed by atoms with Gasteiger partial charge in [-0.25, -0.2) is 0 Å². The Morgan fingerprint density at radius 1 is 1.40 bits per heavy atom. The lowest BCUT2D eigenvalue weighted by molar-refractivity contribution is -0.152. The van der Waals surface area contributed by atoms with Crippen molar-refractivity contribution in [1.29, 1.82) is 0 Å². The molecule has 5 nitrogen and oxygen atoms in total. The summed E-state index contributed by atoms with van der Waals surface area (Å²) in [6, 6.07) is 0. The average molecular weight is 209 g/mol. The standard InChI is InChI=1S/C10H15N3O2/c14-9(15)10(4-2-1-3-5-10)8-13-7-6-11-12-13/h6-7H,1-5,8H2,(H,14,15). The number of carbonyl (C=O) groups is 1. The zero-order chi connectivity index (χ0) is 10.7. The van der Waals surface area contributed by atoms with Gasteiger partial charge in [0.1, 0.15) is 0 Å². The maximum atomic E-state index is 11.3. The highest BCUT2D eigenvalue weighted by Gasteiger charge is 2.40. The monoisotopic (exact) mass is 209 g/mol. The molecule has 1 heterocycles. The summed E-state index contributed by atoms with van der Waals surface area (Å²) in [7, 11) is 0. The van der Waals surface area contributed by atoms with Crippen LogP contribution in [0.2, 0.25) is 0 Å². The number of aliphatic carboxylic acids is 1. The third-order valence-corrected chi connectivity index (χ3v) is 3.20. The van der Waals surface area contributed by atoms with Gasteiger partial charge >= 0.3 is 5.97 Å². The smallest absolute Gasteiger partial charge is 0.311 e. The highest BCUT2D eigenvalue weighted by Crippen LogP contribution is 2.37. The Labute approximate surface area is 88.1 Å². The second kappa shape index (κ2) is 4.00. The molecule has 82 valence electrons. The van der Waals surface area contributed by atoms with Crippen LogP contribution in [-0.2, 0) is 11.3 Å². The van der Waals surface area contributed by atoms with Crippen LogP contribution in [0.1, 0.15) is 32.1 Å². The molecule has 1 aromatic rings. The van der Waals surface area contributed by atoms with E-state index in [1.807, 2.05) is 0 Å². The van der Waals surface area contributed by atoms with E-state index in [2.05, 4.69) is 10.3 Å². The maximum Gasteiger partial charge on any atom is 0.311 e. The molecule has 0 radical (unpaired) electrons. The van der Waals surface area contributed by atoms with Crippen LogP contribution in [0.15, 0.2) is 12.4 Å². The zero-order valence-corrected chi connectivity index (χ0v) is 8.59. The highest BCUT2D eigenvalue weighted by molar-refractivity contribution is 5.74. The van der Waals surface area contributed by atoms with E-state index in [0.717, 1.165) is 32.1 Å². The molecule has 0 unspecified atom stereocenters. The Hall–Kier alpha value is -1.39. The third kappa shape index (κ3) is 2.00. The van der Waals surface area contributed by atoms with E-state index in [1.165, 1.54) is 0 Å². The molecule has 0 amide bonds. The molecule has 0 bridgehead atoms. The highest BCUT2D eigenvalue weighted by atomic mass is 16.4. The molecule has 1 aromatic heterocycles. The molecule has 1 aliphatic rings. The van der Waals surface area contributed by atoms with Gasteiger partial charge in [0, 0.05) is 6.20 Å². The van der Waals surface area contributed by atoms with Crippen molar-refractivity contribution in [3.63, 3.8) is 0 Å². The predicted molar refractivity (Wildman–Crippen MR) is 53.2 cm³/mol. The maximum absolute atomic E-state index is 11.3. The summed E-state index contributed by atoms with van der Waals surface area (Å²) in [5, 5.41) is 16.9. The van der Waals surface area contributed by atoms with Crippen LogP contribution in [-0.4, -0.2) is 26.1 Å². The van der Waals surface area contributed by atoms with Gasteiger partial charge in [0.2, 0.25) is 0 Å². The van der Waals surface area contributed by atoms with E-state index >= 15 is 0 Å². The summed E-state index contributed by atoms with van der Waals surface area (Å²) in [5.41, 5.74) is -0.619. The van der Waals surface area contributed by atoms with Crippen molar-refractivity contribution in [2.75, 3.05) is 0 Å². The lowest BCUT2D eigenvalue weighted by Crippen LogP contribution is -2.37. The first-order valence-corrected chi connectivity index (χ1v) is 5.30. The summed E-state index contributed by atoms with van der Waals surface area (Å²) >= 11 is 0. The Morgan fingerprint density at radius 3 is 2.67 bits per heavy atom. The van der Waals surface area contributed by atoms with Crippen molar-refractivity contribution in [2.24, 2.45) is 5.41 Å². The molecule has 5 heteroatoms. The summed E-state index contributed by atoms with van der Waals surface area (Å²) in [6.07, 6.45) is 7.95. The summed E-state index contributed by atoms with van der Waals surface area (Å²) in [5.74, 6) is -0.697. The normalized spacial score (nSPS) is 20.0. The van der Waals surface area contributed by atoms with E-state index in [0.29, 0.717) is 6.54 Å². The molecule has 0 saturated heterocycles. The van der Waals surface area contributed by atoms with E-state index in [-0.39, 0.29) is 0 Å². The van der Waals surface area contributed by atoms with E-state index < -0.39 is 11.4 Å². The minimum absolute atomic E-state index is 0.447. The van der Waals surface area contributed by atoms with Crippen molar-refractivity contribution < 1.29 is 9.90 Å². The Bertz CT molecular complexity index is 328. The van der Waals surface area contributed by atoms with Crippen LogP contribution in [0.3, 0.4) is 0 Å². The van der Waals surface area contributed by atoms with E-state index in [4.69, 9.17) is 0 Å². The van der Waals surface area contributed by atoms with Gasteiger partial charge in [0.05, 0.1) is 18.2 Å². The molecule has 0 spiro atoms. The molecule has 1 aliphatic carbocycles. The minimum atomic E-state index is -0.697. The van der Waals surface area contributed by atoms with Gasteiger partial charge in [0.25, 0.3) is 0 Å². The molecule has 1 fully saturated rings. The topological polar surface area (TPSA) is 68.0 Å². The van der Waals surface area contributed by atoms with Gasteiger partial charge in [-0.1, -0.05) is 24.5 Å². The third-order valence-electron chi connectivity index (χ3n) is 3.20. The SMILES string of the molecule is O=C(O)C1(Cn2ccnn2)CCCCC1. The van der Waals surface area contributed by atoms with Crippen molar-refractivity contribution in [1.82, 2.24) is 15.0 Å². The minimum Gasteiger partial charge on any atom is -0.481 e. The number of hydrogen-bond acceptors (Lipinski definition) is 3. The predicted octanol–water partition coefficient (Wildman–Crippen LogP) is 1.31. The number of carboxylic acids is 1. The van der Waals surface area contributed by atoms with Crippen molar-refractivity contribution in [2.45, 2.75) is 38.6 Å². The van der Waals surface area contributed by atoms with Crippen LogP contribution in [0, 0.1) is 5.41 Å². The molecular weight excluding hydrogens is 194 g/mol. The van der Waals surface area contributed by atoms with Gasteiger partial charge in [-0.05, 0) is 12.8 Å². The number of nitrogens with zero attached hydrogens (tertiary/aromatic N) is 3. The van der Waals surface area contributed by atoms with Crippen molar-refractivity contribution >= 4 is 5.97 Å². The first-order chi connectivity index (χ1) is 7.23. The zero-order valence-electron chi connectivity index (χ0n) is 8.59. The molecule has 0 aromatic carbocycles. The lowest BCUT2D eigenvalue weighted by Gasteiger charge is -2.32. The molecule has 0 atom stereocenters. The number of rotatable bonds is 3. The van der Waals surface area contributed by atoms with E-state index in [1.54, 1.807) is 17.1 Å². The molecule has 2 rings (SSSR count). The largest absolute Gasteiger partial charge is 0.481 e. The fourth-order valence-electron chi connectivity index (χ4n) is 2.30. The first kappa shape index (κ1) is 10.1. The average Bonchev–Trinajstić information content (AvgIpc) is 2.71. The second-order valence-corrected chi connectivity index (χ2v) is 4.25. The summed E-state index contributed by atoms with van der Waals surface area (Å²) < 4.78 is 1.62. The molecule has 0 aliphatic heterocycles. The lowest BCUT2D eigenvalue weighted by atomic mass is 9.74. The van der Waals surface area contributed by atoms with Gasteiger partial charge < -0.3 is 5.11 Å². The molecule has 1 N–H and O–H groups in total. The second-order valence-electron chi connectivity index (χ2n) is 4.25. The fraction of sp³-hybridized carbons (Fsp3) is 0.700. The molecule has 1 saturated carbocycles. The van der Waals surface area contributed by atoms with Gasteiger partial charge in [-0.3, -0.25) is 9.48 Å².